The minimum absolute atomic E-state index is 0.0274. The number of piperidine rings is 1. The predicted octanol–water partition coefficient (Wildman–Crippen LogP) is 5.60. The molecular weight excluding hydrogens is 534 g/mol. The Morgan fingerprint density at radius 3 is 2.42 bits per heavy atom. The molecule has 0 spiro atoms. The lowest BCUT2D eigenvalue weighted by atomic mass is 10.1. The highest BCUT2D eigenvalue weighted by molar-refractivity contribution is 7.17. The first-order valence-corrected chi connectivity index (χ1v) is 13.7. The van der Waals surface area contributed by atoms with Crippen LogP contribution in [0.1, 0.15) is 54.9 Å². The average Bonchev–Trinajstić information content (AvgIpc) is 3.57. The number of rotatable bonds is 5. The number of ether oxygens (including phenoxy) is 1. The third-order valence-corrected chi connectivity index (χ3v) is 7.49. The van der Waals surface area contributed by atoms with Gasteiger partial charge in [-0.1, -0.05) is 41.2 Å². The SMILES string of the molecule is Cc1ccc(-c2nc(NC(=O)c3ccc([N+](=O)[O-])s3)c3cnn(C4CCN(C(=O)OC(C)(C)C)CC4)c3n2)cc1. The van der Waals surface area contributed by atoms with Gasteiger partial charge in [0.1, 0.15) is 11.4 Å². The fourth-order valence-corrected chi connectivity index (χ4v) is 5.17. The maximum absolute atomic E-state index is 13.0. The van der Waals surface area contributed by atoms with Gasteiger partial charge in [0, 0.05) is 24.7 Å². The summed E-state index contributed by atoms with van der Waals surface area (Å²) in [4.78, 5) is 47.5. The van der Waals surface area contributed by atoms with Crippen molar-refractivity contribution in [3.63, 3.8) is 0 Å². The largest absolute Gasteiger partial charge is 0.444 e. The lowest BCUT2D eigenvalue weighted by Crippen LogP contribution is -2.42. The standard InChI is InChI=1S/C27H29N7O5S/c1-16-5-7-17(8-6-16)22-29-23(31-25(35)20-9-10-21(40-20)34(37)38)19-15-28-33(24(19)30-22)18-11-13-32(14-12-18)26(36)39-27(2,3)4/h5-10,15,18H,11-14H2,1-4H3,(H,29,30,31,35). The molecule has 1 saturated heterocycles. The molecule has 208 valence electrons. The average molecular weight is 564 g/mol. The highest BCUT2D eigenvalue weighted by Gasteiger charge is 2.29. The Bertz CT molecular complexity index is 1580. The molecule has 5 rings (SSSR count). The van der Waals surface area contributed by atoms with Crippen LogP contribution in [0.25, 0.3) is 22.4 Å². The number of aromatic nitrogens is 4. The molecule has 13 heteroatoms. The second-order valence-electron chi connectivity index (χ2n) is 10.6. The van der Waals surface area contributed by atoms with Gasteiger partial charge in [-0.25, -0.2) is 19.4 Å². The van der Waals surface area contributed by atoms with E-state index in [-0.39, 0.29) is 27.8 Å². The topological polar surface area (TPSA) is 145 Å². The minimum atomic E-state index is -0.565. The van der Waals surface area contributed by atoms with Gasteiger partial charge in [0.25, 0.3) is 5.91 Å². The highest BCUT2D eigenvalue weighted by atomic mass is 32.1. The Morgan fingerprint density at radius 2 is 1.80 bits per heavy atom. The van der Waals surface area contributed by atoms with Crippen molar-refractivity contribution in [1.29, 1.82) is 0 Å². The molecule has 0 aliphatic carbocycles. The van der Waals surface area contributed by atoms with Crippen LogP contribution in [0, 0.1) is 17.0 Å². The van der Waals surface area contributed by atoms with E-state index in [1.54, 1.807) is 11.1 Å². The molecular formula is C27H29N7O5S. The van der Waals surface area contributed by atoms with Crippen molar-refractivity contribution in [3.05, 3.63) is 63.1 Å². The van der Waals surface area contributed by atoms with Gasteiger partial charge in [-0.05, 0) is 46.6 Å². The van der Waals surface area contributed by atoms with Crippen LogP contribution in [0.2, 0.25) is 0 Å². The van der Waals surface area contributed by atoms with E-state index in [0.717, 1.165) is 22.5 Å². The first kappa shape index (κ1) is 27.2. The van der Waals surface area contributed by atoms with Gasteiger partial charge < -0.3 is 15.0 Å². The van der Waals surface area contributed by atoms with Crippen LogP contribution in [0.5, 0.6) is 0 Å². The summed E-state index contributed by atoms with van der Waals surface area (Å²) in [7, 11) is 0. The number of hydrogen-bond acceptors (Lipinski definition) is 9. The zero-order valence-electron chi connectivity index (χ0n) is 22.6. The zero-order valence-corrected chi connectivity index (χ0v) is 23.4. The van der Waals surface area contributed by atoms with Gasteiger partial charge in [-0.15, -0.1) is 0 Å². The van der Waals surface area contributed by atoms with Gasteiger partial charge in [-0.3, -0.25) is 14.9 Å². The third kappa shape index (κ3) is 5.78. The van der Waals surface area contributed by atoms with E-state index in [1.807, 2.05) is 56.6 Å². The number of thiophene rings is 1. The summed E-state index contributed by atoms with van der Waals surface area (Å²) < 4.78 is 7.34. The number of fused-ring (bicyclic) bond motifs is 1. The van der Waals surface area contributed by atoms with E-state index in [0.29, 0.717) is 42.8 Å². The van der Waals surface area contributed by atoms with Crippen molar-refractivity contribution in [2.45, 2.75) is 52.2 Å². The zero-order chi connectivity index (χ0) is 28.6. The molecule has 12 nitrogen and oxygen atoms in total. The monoisotopic (exact) mass is 563 g/mol. The molecule has 1 aromatic carbocycles. The van der Waals surface area contributed by atoms with Crippen molar-refractivity contribution >= 4 is 45.2 Å². The number of likely N-dealkylation sites (tertiary alicyclic amines) is 1. The van der Waals surface area contributed by atoms with Crippen molar-refractivity contribution in [2.75, 3.05) is 18.4 Å². The summed E-state index contributed by atoms with van der Waals surface area (Å²) in [6, 6.07) is 10.4. The quantitative estimate of drug-likeness (QED) is 0.244. The third-order valence-electron chi connectivity index (χ3n) is 6.45. The van der Waals surface area contributed by atoms with E-state index in [2.05, 4.69) is 15.4 Å². The van der Waals surface area contributed by atoms with Crippen LogP contribution in [0.4, 0.5) is 15.6 Å². The normalized spacial score (nSPS) is 14.3. The van der Waals surface area contributed by atoms with Crippen molar-refractivity contribution in [1.82, 2.24) is 24.6 Å². The summed E-state index contributed by atoms with van der Waals surface area (Å²) in [6.07, 6.45) is 2.58. The lowest BCUT2D eigenvalue weighted by molar-refractivity contribution is -0.380. The molecule has 0 atom stereocenters. The van der Waals surface area contributed by atoms with E-state index in [9.17, 15) is 19.7 Å². The Balaban J connectivity index is 1.46. The maximum atomic E-state index is 13.0. The molecule has 0 saturated carbocycles. The van der Waals surface area contributed by atoms with Crippen LogP contribution < -0.4 is 5.32 Å². The Labute approximate surface area is 234 Å². The number of carbonyl (C=O) groups excluding carboxylic acids is 2. The number of carbonyl (C=O) groups is 2. The van der Waals surface area contributed by atoms with Gasteiger partial charge in [0.05, 0.1) is 27.4 Å². The van der Waals surface area contributed by atoms with E-state index >= 15 is 0 Å². The molecule has 3 aromatic heterocycles. The van der Waals surface area contributed by atoms with Crippen LogP contribution in [0.3, 0.4) is 0 Å². The number of nitrogens with one attached hydrogen (secondary N) is 1. The summed E-state index contributed by atoms with van der Waals surface area (Å²) in [5.41, 5.74) is 1.83. The van der Waals surface area contributed by atoms with Gasteiger partial charge in [0.15, 0.2) is 11.5 Å². The molecule has 0 bridgehead atoms. The summed E-state index contributed by atoms with van der Waals surface area (Å²) in [6.45, 7) is 8.53. The number of hydrogen-bond donors (Lipinski definition) is 1. The first-order chi connectivity index (χ1) is 19.0. The molecule has 40 heavy (non-hydrogen) atoms. The Kier molecular flexibility index (Phi) is 7.23. The lowest BCUT2D eigenvalue weighted by Gasteiger charge is -2.33. The number of nitrogens with zero attached hydrogens (tertiary/aromatic N) is 6. The van der Waals surface area contributed by atoms with Crippen molar-refractivity contribution in [2.24, 2.45) is 0 Å². The Hall–Kier alpha value is -4.39. The van der Waals surface area contributed by atoms with Crippen LogP contribution >= 0.6 is 11.3 Å². The summed E-state index contributed by atoms with van der Waals surface area (Å²) >= 11 is 0.792. The van der Waals surface area contributed by atoms with Crippen molar-refractivity contribution in [3.8, 4) is 11.4 Å². The summed E-state index contributed by atoms with van der Waals surface area (Å²) in [5.74, 6) is 0.165. The fourth-order valence-electron chi connectivity index (χ4n) is 4.46. The number of nitro groups is 1. The van der Waals surface area contributed by atoms with Crippen LogP contribution in [0.15, 0.2) is 42.6 Å². The number of anilines is 1. The molecule has 1 aliphatic rings. The van der Waals surface area contributed by atoms with Gasteiger partial charge in [-0.2, -0.15) is 5.10 Å². The number of benzene rings is 1. The molecule has 1 aliphatic heterocycles. The van der Waals surface area contributed by atoms with Gasteiger partial charge >= 0.3 is 11.1 Å². The smallest absolute Gasteiger partial charge is 0.410 e. The molecule has 4 aromatic rings. The molecule has 0 unspecified atom stereocenters. The predicted molar refractivity (Wildman–Crippen MR) is 151 cm³/mol. The summed E-state index contributed by atoms with van der Waals surface area (Å²) in [5, 5.41) is 18.9. The van der Waals surface area contributed by atoms with Crippen LogP contribution in [-0.4, -0.2) is 60.3 Å². The highest BCUT2D eigenvalue weighted by Crippen LogP contribution is 2.32. The minimum Gasteiger partial charge on any atom is -0.444 e. The molecule has 1 fully saturated rings. The van der Waals surface area contributed by atoms with E-state index < -0.39 is 16.4 Å². The Morgan fingerprint density at radius 1 is 1.10 bits per heavy atom. The van der Waals surface area contributed by atoms with Crippen LogP contribution in [-0.2, 0) is 4.74 Å². The van der Waals surface area contributed by atoms with E-state index in [1.165, 1.54) is 12.1 Å². The van der Waals surface area contributed by atoms with Crippen molar-refractivity contribution < 1.29 is 19.2 Å². The maximum Gasteiger partial charge on any atom is 0.410 e. The second kappa shape index (κ2) is 10.6. The number of amides is 2. The molecule has 4 heterocycles. The fraction of sp³-hybridized carbons (Fsp3) is 0.370. The molecule has 1 N–H and O–H groups in total. The van der Waals surface area contributed by atoms with E-state index in [4.69, 9.17) is 9.72 Å². The second-order valence-corrected chi connectivity index (χ2v) is 11.7. The first-order valence-electron chi connectivity index (χ1n) is 12.8. The number of aryl methyl sites for hydroxylation is 1. The van der Waals surface area contributed by atoms with Gasteiger partial charge in [0.2, 0.25) is 0 Å². The molecule has 0 radical (unpaired) electrons. The molecule has 2 amide bonds.